The largest absolute Gasteiger partial charge is 0.466 e. The maximum absolute atomic E-state index is 10.6. The lowest BCUT2D eigenvalue weighted by Gasteiger charge is -2.22. The highest BCUT2D eigenvalue weighted by Crippen LogP contribution is 2.19. The standard InChI is InChI=1S/C22H33N3O4/c1-4-23-21(25-17-22(3,26)20-10-7-11-29-20)24-15-18-8-6-9-19(14-18)16-28-13-12-27-5-2/h6-11,14,26H,4-5,12-13,15-17H2,1-3H3,(H2,23,24,25). The van der Waals surface area contributed by atoms with Crippen LogP contribution in [0.3, 0.4) is 0 Å². The van der Waals surface area contributed by atoms with Gasteiger partial charge >= 0.3 is 0 Å². The Labute approximate surface area is 173 Å². The molecule has 3 N–H and O–H groups in total. The number of benzene rings is 1. The monoisotopic (exact) mass is 403 g/mol. The summed E-state index contributed by atoms with van der Waals surface area (Å²) in [6.45, 7) is 9.65. The molecular formula is C22H33N3O4. The first kappa shape index (κ1) is 22.9. The molecule has 2 aromatic rings. The Bertz CT molecular complexity index is 729. The van der Waals surface area contributed by atoms with E-state index in [0.29, 0.717) is 44.7 Å². The maximum atomic E-state index is 10.6. The van der Waals surface area contributed by atoms with Crippen molar-refractivity contribution in [2.45, 2.75) is 39.5 Å². The van der Waals surface area contributed by atoms with Gasteiger partial charge in [-0.15, -0.1) is 0 Å². The molecular weight excluding hydrogens is 370 g/mol. The van der Waals surface area contributed by atoms with Gasteiger partial charge in [-0.2, -0.15) is 0 Å². The number of nitrogens with one attached hydrogen (secondary N) is 2. The lowest BCUT2D eigenvalue weighted by Crippen LogP contribution is -2.44. The van der Waals surface area contributed by atoms with Gasteiger partial charge in [0.15, 0.2) is 5.96 Å². The lowest BCUT2D eigenvalue weighted by molar-refractivity contribution is 0.0386. The van der Waals surface area contributed by atoms with Gasteiger partial charge in [0.2, 0.25) is 0 Å². The topological polar surface area (TPSA) is 88.3 Å². The molecule has 29 heavy (non-hydrogen) atoms. The molecule has 0 spiro atoms. The van der Waals surface area contributed by atoms with Crippen LogP contribution in [0.2, 0.25) is 0 Å². The predicted molar refractivity (Wildman–Crippen MR) is 114 cm³/mol. The third kappa shape index (κ3) is 8.27. The van der Waals surface area contributed by atoms with Gasteiger partial charge in [-0.25, -0.2) is 4.99 Å². The van der Waals surface area contributed by atoms with E-state index in [0.717, 1.165) is 17.7 Å². The van der Waals surface area contributed by atoms with Crippen molar-refractivity contribution in [3.8, 4) is 0 Å². The zero-order chi connectivity index (χ0) is 21.0. The molecule has 0 bridgehead atoms. The van der Waals surface area contributed by atoms with Crippen LogP contribution in [0.15, 0.2) is 52.1 Å². The average Bonchev–Trinajstić information content (AvgIpc) is 3.26. The van der Waals surface area contributed by atoms with Crippen LogP contribution in [0.25, 0.3) is 0 Å². The zero-order valence-corrected chi connectivity index (χ0v) is 17.6. The van der Waals surface area contributed by atoms with Gasteiger partial charge in [0.05, 0.1) is 39.2 Å². The van der Waals surface area contributed by atoms with E-state index in [1.165, 1.54) is 0 Å². The van der Waals surface area contributed by atoms with Crippen LogP contribution in [0, 0.1) is 0 Å². The minimum Gasteiger partial charge on any atom is -0.466 e. The SMILES string of the molecule is CCNC(=NCc1cccc(COCCOCC)c1)NCC(C)(O)c1ccco1. The minimum atomic E-state index is -1.13. The predicted octanol–water partition coefficient (Wildman–Crippen LogP) is 2.80. The highest BCUT2D eigenvalue weighted by atomic mass is 16.5. The van der Waals surface area contributed by atoms with Crippen LogP contribution in [0.4, 0.5) is 0 Å². The Balaban J connectivity index is 1.89. The number of ether oxygens (including phenoxy) is 2. The van der Waals surface area contributed by atoms with E-state index in [2.05, 4.69) is 21.7 Å². The number of furan rings is 1. The van der Waals surface area contributed by atoms with Gasteiger partial charge in [-0.3, -0.25) is 0 Å². The van der Waals surface area contributed by atoms with E-state index in [-0.39, 0.29) is 6.54 Å². The highest BCUT2D eigenvalue weighted by Gasteiger charge is 2.26. The number of nitrogens with zero attached hydrogens (tertiary/aromatic N) is 1. The molecule has 1 heterocycles. The number of rotatable bonds is 12. The second kappa shape index (κ2) is 12.3. The van der Waals surface area contributed by atoms with E-state index in [1.807, 2.05) is 32.0 Å². The van der Waals surface area contributed by atoms with Gasteiger partial charge in [-0.1, -0.05) is 24.3 Å². The van der Waals surface area contributed by atoms with Crippen LogP contribution >= 0.6 is 0 Å². The summed E-state index contributed by atoms with van der Waals surface area (Å²) >= 11 is 0. The highest BCUT2D eigenvalue weighted by molar-refractivity contribution is 5.79. The van der Waals surface area contributed by atoms with E-state index < -0.39 is 5.60 Å². The van der Waals surface area contributed by atoms with Gasteiger partial charge in [0.1, 0.15) is 11.4 Å². The van der Waals surface area contributed by atoms with Crippen LogP contribution in [0.1, 0.15) is 37.7 Å². The number of hydrogen-bond donors (Lipinski definition) is 3. The van der Waals surface area contributed by atoms with Crippen LogP contribution in [-0.4, -0.2) is 44.0 Å². The molecule has 160 valence electrons. The van der Waals surface area contributed by atoms with Crippen molar-refractivity contribution in [1.82, 2.24) is 10.6 Å². The first-order chi connectivity index (χ1) is 14.0. The Kier molecular flexibility index (Phi) is 9.70. The van der Waals surface area contributed by atoms with E-state index in [1.54, 1.807) is 25.3 Å². The Hall–Kier alpha value is -2.35. The molecule has 1 atom stereocenters. The Morgan fingerprint density at radius 2 is 1.90 bits per heavy atom. The average molecular weight is 404 g/mol. The Morgan fingerprint density at radius 1 is 1.10 bits per heavy atom. The van der Waals surface area contributed by atoms with Crippen molar-refractivity contribution in [3.63, 3.8) is 0 Å². The summed E-state index contributed by atoms with van der Waals surface area (Å²) in [6, 6.07) is 11.7. The van der Waals surface area contributed by atoms with Crippen molar-refractivity contribution < 1.29 is 19.0 Å². The van der Waals surface area contributed by atoms with Gasteiger partial charge in [-0.05, 0) is 44.0 Å². The molecule has 1 unspecified atom stereocenters. The van der Waals surface area contributed by atoms with E-state index in [4.69, 9.17) is 13.9 Å². The molecule has 1 aromatic heterocycles. The molecule has 2 rings (SSSR count). The molecule has 0 saturated heterocycles. The molecule has 0 saturated carbocycles. The molecule has 1 aromatic carbocycles. The first-order valence-corrected chi connectivity index (χ1v) is 10.1. The summed E-state index contributed by atoms with van der Waals surface area (Å²) in [7, 11) is 0. The normalized spacial score (nSPS) is 13.9. The lowest BCUT2D eigenvalue weighted by atomic mass is 10.0. The number of guanidine groups is 1. The fourth-order valence-corrected chi connectivity index (χ4v) is 2.71. The second-order valence-electron chi connectivity index (χ2n) is 6.87. The smallest absolute Gasteiger partial charge is 0.191 e. The molecule has 0 amide bonds. The summed E-state index contributed by atoms with van der Waals surface area (Å²) < 4.78 is 16.2. The molecule has 0 aliphatic carbocycles. The van der Waals surface area contributed by atoms with Gasteiger partial charge in [0.25, 0.3) is 0 Å². The molecule has 0 aliphatic heterocycles. The van der Waals surface area contributed by atoms with Crippen molar-refractivity contribution in [2.75, 3.05) is 32.9 Å². The number of hydrogen-bond acceptors (Lipinski definition) is 5. The molecule has 7 heteroatoms. The summed E-state index contributed by atoms with van der Waals surface area (Å²) in [4.78, 5) is 4.62. The van der Waals surface area contributed by atoms with E-state index in [9.17, 15) is 5.11 Å². The molecule has 0 aliphatic rings. The molecule has 0 radical (unpaired) electrons. The number of aliphatic hydroxyl groups is 1. The maximum Gasteiger partial charge on any atom is 0.191 e. The quantitative estimate of drug-likeness (QED) is 0.287. The molecule has 0 fully saturated rings. The minimum absolute atomic E-state index is 0.278. The molecule has 7 nitrogen and oxygen atoms in total. The van der Waals surface area contributed by atoms with Gasteiger partial charge < -0.3 is 29.6 Å². The zero-order valence-electron chi connectivity index (χ0n) is 17.6. The van der Waals surface area contributed by atoms with Crippen molar-refractivity contribution in [3.05, 3.63) is 59.5 Å². The van der Waals surface area contributed by atoms with Gasteiger partial charge in [0, 0.05) is 13.2 Å². The van der Waals surface area contributed by atoms with Crippen LogP contribution in [-0.2, 0) is 28.2 Å². The first-order valence-electron chi connectivity index (χ1n) is 10.1. The van der Waals surface area contributed by atoms with E-state index >= 15 is 0 Å². The van der Waals surface area contributed by atoms with Crippen molar-refractivity contribution >= 4 is 5.96 Å². The summed E-state index contributed by atoms with van der Waals surface area (Å²) in [6.07, 6.45) is 1.55. The second-order valence-corrected chi connectivity index (χ2v) is 6.87. The Morgan fingerprint density at radius 3 is 2.62 bits per heavy atom. The third-order valence-electron chi connectivity index (χ3n) is 4.25. The fourth-order valence-electron chi connectivity index (χ4n) is 2.71. The fraction of sp³-hybridized carbons (Fsp3) is 0.500. The third-order valence-corrected chi connectivity index (χ3v) is 4.25. The van der Waals surface area contributed by atoms with Crippen LogP contribution in [0.5, 0.6) is 0 Å². The summed E-state index contributed by atoms with van der Waals surface area (Å²) in [5, 5.41) is 17.0. The number of aliphatic imine (C=N–C) groups is 1. The van der Waals surface area contributed by atoms with Crippen molar-refractivity contribution in [1.29, 1.82) is 0 Å². The van der Waals surface area contributed by atoms with Crippen molar-refractivity contribution in [2.24, 2.45) is 4.99 Å². The van der Waals surface area contributed by atoms with Crippen LogP contribution < -0.4 is 10.6 Å². The summed E-state index contributed by atoms with van der Waals surface area (Å²) in [5.41, 5.74) is 1.07. The summed E-state index contributed by atoms with van der Waals surface area (Å²) in [5.74, 6) is 1.15.